The van der Waals surface area contributed by atoms with Crippen molar-refractivity contribution in [1.82, 2.24) is 20.9 Å². The first-order chi connectivity index (χ1) is 11.6. The Balaban J connectivity index is 2.43. The summed E-state index contributed by atoms with van der Waals surface area (Å²) < 4.78 is 4.69. The fourth-order valence-corrected chi connectivity index (χ4v) is 1.98. The molecule has 2 atom stereocenters. The molecule has 0 aliphatic carbocycles. The largest absolute Gasteiger partial charge is 0.454 e. The van der Waals surface area contributed by atoms with Crippen LogP contribution in [0.3, 0.4) is 0 Å². The predicted molar refractivity (Wildman–Crippen MR) is 86.3 cm³/mol. The molecule has 10 nitrogen and oxygen atoms in total. The van der Waals surface area contributed by atoms with Gasteiger partial charge in [-0.1, -0.05) is 13.8 Å². The van der Waals surface area contributed by atoms with Crippen LogP contribution >= 0.6 is 0 Å². The lowest BCUT2D eigenvalue weighted by Gasteiger charge is -2.18. The number of nitrogens with zero attached hydrogens (tertiary/aromatic N) is 1. The Hall–Kier alpha value is -2.65. The minimum Gasteiger partial charge on any atom is -0.454 e. The van der Waals surface area contributed by atoms with E-state index in [-0.39, 0.29) is 6.04 Å². The third-order valence-electron chi connectivity index (χ3n) is 3.95. The minimum atomic E-state index is -1.05. The molecule has 1 fully saturated rings. The number of ether oxygens (including phenoxy) is 1. The van der Waals surface area contributed by atoms with Gasteiger partial charge in [-0.3, -0.25) is 24.6 Å². The molecule has 1 saturated heterocycles. The number of hydrogen-bond donors (Lipinski definition) is 3. The van der Waals surface area contributed by atoms with Crippen molar-refractivity contribution in [1.29, 1.82) is 0 Å². The second-order valence-electron chi connectivity index (χ2n) is 6.00. The van der Waals surface area contributed by atoms with Gasteiger partial charge in [0.15, 0.2) is 6.61 Å². The zero-order chi connectivity index (χ0) is 19.2. The van der Waals surface area contributed by atoms with Crippen molar-refractivity contribution >= 4 is 29.8 Å². The first-order valence-electron chi connectivity index (χ1n) is 8.03. The van der Waals surface area contributed by atoms with Crippen LogP contribution in [0, 0.1) is 0 Å². The molecule has 0 aromatic carbocycles. The maximum absolute atomic E-state index is 12.1. The highest BCUT2D eigenvalue weighted by molar-refractivity contribution is 6.08. The van der Waals surface area contributed by atoms with Crippen LogP contribution in [0.15, 0.2) is 0 Å². The molecule has 0 radical (unpaired) electrons. The van der Waals surface area contributed by atoms with E-state index < -0.39 is 48.5 Å². The fraction of sp³-hybridized carbons (Fsp3) is 0.667. The van der Waals surface area contributed by atoms with Gasteiger partial charge >= 0.3 is 18.0 Å². The average Bonchev–Trinajstić information content (AvgIpc) is 2.76. The van der Waals surface area contributed by atoms with Crippen molar-refractivity contribution in [3.8, 4) is 0 Å². The van der Waals surface area contributed by atoms with Gasteiger partial charge in [0.2, 0.25) is 0 Å². The number of urea groups is 2. The Morgan fingerprint density at radius 1 is 1.28 bits per heavy atom. The van der Waals surface area contributed by atoms with Crippen LogP contribution in [-0.4, -0.2) is 59.5 Å². The summed E-state index contributed by atoms with van der Waals surface area (Å²) in [5.41, 5.74) is -1.05. The topological polar surface area (TPSA) is 134 Å². The van der Waals surface area contributed by atoms with E-state index >= 15 is 0 Å². The van der Waals surface area contributed by atoms with Gasteiger partial charge in [0, 0.05) is 6.04 Å². The smallest absolute Gasteiger partial charge is 0.326 e. The van der Waals surface area contributed by atoms with E-state index in [1.165, 1.54) is 0 Å². The molecule has 25 heavy (non-hydrogen) atoms. The second-order valence-corrected chi connectivity index (χ2v) is 6.00. The van der Waals surface area contributed by atoms with E-state index in [9.17, 15) is 24.0 Å². The molecule has 0 unspecified atom stereocenters. The van der Waals surface area contributed by atoms with Crippen LogP contribution in [0.2, 0.25) is 0 Å². The SMILES string of the molecule is CC[C@H](C)NC(=O)NC(=O)COC(=O)CN1C(=O)N[C@](C)(CC)C1=O. The Morgan fingerprint density at radius 3 is 2.44 bits per heavy atom. The number of esters is 1. The van der Waals surface area contributed by atoms with Gasteiger partial charge in [0.25, 0.3) is 11.8 Å². The minimum absolute atomic E-state index is 0.108. The molecule has 0 aromatic rings. The van der Waals surface area contributed by atoms with Gasteiger partial charge in [-0.15, -0.1) is 0 Å². The third-order valence-corrected chi connectivity index (χ3v) is 3.95. The van der Waals surface area contributed by atoms with Gasteiger partial charge in [-0.05, 0) is 26.7 Å². The second kappa shape index (κ2) is 8.45. The molecule has 140 valence electrons. The van der Waals surface area contributed by atoms with E-state index in [2.05, 4.69) is 10.6 Å². The average molecular weight is 356 g/mol. The first kappa shape index (κ1) is 20.4. The summed E-state index contributed by atoms with van der Waals surface area (Å²) >= 11 is 0. The molecule has 1 heterocycles. The molecule has 10 heteroatoms. The van der Waals surface area contributed by atoms with E-state index in [1.807, 2.05) is 12.2 Å². The van der Waals surface area contributed by atoms with E-state index in [0.29, 0.717) is 12.8 Å². The standard InChI is InChI=1S/C15H24N4O6/c1-5-9(3)16-13(23)17-10(20)8-25-11(21)7-19-12(22)15(4,6-2)18-14(19)24/h9H,5-8H2,1-4H3,(H,18,24)(H2,16,17,20,23)/t9-,15+/m0/s1. The van der Waals surface area contributed by atoms with Gasteiger partial charge in [0.05, 0.1) is 0 Å². The Bertz CT molecular complexity index is 578. The number of amides is 6. The highest BCUT2D eigenvalue weighted by Gasteiger charge is 2.47. The first-order valence-corrected chi connectivity index (χ1v) is 8.03. The number of rotatable bonds is 7. The van der Waals surface area contributed by atoms with Crippen molar-refractivity contribution in [3.05, 3.63) is 0 Å². The zero-order valence-corrected chi connectivity index (χ0v) is 14.8. The van der Waals surface area contributed by atoms with E-state index in [0.717, 1.165) is 4.90 Å². The number of hydrogen-bond acceptors (Lipinski definition) is 6. The monoisotopic (exact) mass is 356 g/mol. The molecule has 3 N–H and O–H groups in total. The molecular formula is C15H24N4O6. The molecule has 0 aromatic heterocycles. The molecule has 0 saturated carbocycles. The third kappa shape index (κ3) is 5.44. The van der Waals surface area contributed by atoms with Crippen LogP contribution in [-0.2, 0) is 19.1 Å². The number of imide groups is 2. The normalized spacial score (nSPS) is 20.7. The highest BCUT2D eigenvalue weighted by atomic mass is 16.5. The van der Waals surface area contributed by atoms with Crippen LogP contribution < -0.4 is 16.0 Å². The molecule has 0 bridgehead atoms. The lowest BCUT2D eigenvalue weighted by Crippen LogP contribution is -2.45. The predicted octanol–water partition coefficient (Wildman–Crippen LogP) is -0.126. The summed E-state index contributed by atoms with van der Waals surface area (Å²) in [6, 6.07) is -1.49. The fourth-order valence-electron chi connectivity index (χ4n) is 1.98. The van der Waals surface area contributed by atoms with Gasteiger partial charge < -0.3 is 15.4 Å². The molecule has 1 rings (SSSR count). The number of carbonyl (C=O) groups excluding carboxylic acids is 5. The van der Waals surface area contributed by atoms with Crippen molar-refractivity contribution in [3.63, 3.8) is 0 Å². The van der Waals surface area contributed by atoms with Gasteiger partial charge in [-0.25, -0.2) is 9.59 Å². The molecule has 1 aliphatic rings. The highest BCUT2D eigenvalue weighted by Crippen LogP contribution is 2.20. The summed E-state index contributed by atoms with van der Waals surface area (Å²) in [6.45, 7) is 5.63. The Morgan fingerprint density at radius 2 is 1.92 bits per heavy atom. The maximum Gasteiger partial charge on any atom is 0.326 e. The number of nitrogens with one attached hydrogen (secondary N) is 3. The van der Waals surface area contributed by atoms with Crippen molar-refractivity contribution < 1.29 is 28.7 Å². The Kier molecular flexibility index (Phi) is 6.89. The zero-order valence-electron chi connectivity index (χ0n) is 14.8. The van der Waals surface area contributed by atoms with Crippen LogP contribution in [0.5, 0.6) is 0 Å². The molecule has 6 amide bonds. The van der Waals surface area contributed by atoms with Crippen LogP contribution in [0.1, 0.15) is 40.5 Å². The van der Waals surface area contributed by atoms with Crippen molar-refractivity contribution in [2.75, 3.05) is 13.2 Å². The lowest BCUT2D eigenvalue weighted by molar-refractivity contribution is -0.150. The van der Waals surface area contributed by atoms with Crippen molar-refractivity contribution in [2.45, 2.75) is 52.1 Å². The molecular weight excluding hydrogens is 332 g/mol. The van der Waals surface area contributed by atoms with Crippen molar-refractivity contribution in [2.24, 2.45) is 0 Å². The lowest BCUT2D eigenvalue weighted by atomic mass is 9.99. The summed E-state index contributed by atoms with van der Waals surface area (Å²) in [4.78, 5) is 59.3. The quantitative estimate of drug-likeness (QED) is 0.430. The van der Waals surface area contributed by atoms with Crippen LogP contribution in [0.25, 0.3) is 0 Å². The van der Waals surface area contributed by atoms with Gasteiger partial charge in [-0.2, -0.15) is 0 Å². The van der Waals surface area contributed by atoms with E-state index in [4.69, 9.17) is 4.74 Å². The Labute approximate surface area is 145 Å². The summed E-state index contributed by atoms with van der Waals surface area (Å²) in [6.07, 6.45) is 1.07. The van der Waals surface area contributed by atoms with Gasteiger partial charge in [0.1, 0.15) is 12.1 Å². The van der Waals surface area contributed by atoms with E-state index in [1.54, 1.807) is 20.8 Å². The summed E-state index contributed by atoms with van der Waals surface area (Å²) in [5.74, 6) is -2.28. The summed E-state index contributed by atoms with van der Waals surface area (Å²) in [5, 5.41) is 7.02. The number of carbonyl (C=O) groups is 5. The maximum atomic E-state index is 12.1. The summed E-state index contributed by atoms with van der Waals surface area (Å²) in [7, 11) is 0. The van der Waals surface area contributed by atoms with Crippen LogP contribution in [0.4, 0.5) is 9.59 Å². The molecule has 1 aliphatic heterocycles. The molecule has 0 spiro atoms.